The predicted molar refractivity (Wildman–Crippen MR) is 74.3 cm³/mol. The predicted octanol–water partition coefficient (Wildman–Crippen LogP) is 1.77. The van der Waals surface area contributed by atoms with E-state index in [9.17, 15) is 9.59 Å². The summed E-state index contributed by atoms with van der Waals surface area (Å²) < 4.78 is 1.54. The number of nitrogens with zero attached hydrogens (tertiary/aromatic N) is 2. The van der Waals surface area contributed by atoms with Gasteiger partial charge in [-0.2, -0.15) is 5.10 Å². The van der Waals surface area contributed by atoms with Gasteiger partial charge in [-0.15, -0.1) is 0 Å². The molecule has 2 rings (SSSR count). The molecule has 6 nitrogen and oxygen atoms in total. The van der Waals surface area contributed by atoms with E-state index >= 15 is 0 Å². The largest absolute Gasteiger partial charge is 0.478 e. The van der Waals surface area contributed by atoms with Crippen molar-refractivity contribution in [2.24, 2.45) is 7.05 Å². The highest BCUT2D eigenvalue weighted by Gasteiger charge is 2.08. The average Bonchev–Trinajstić information content (AvgIpc) is 2.84. The van der Waals surface area contributed by atoms with Gasteiger partial charge in [-0.3, -0.25) is 9.48 Å². The van der Waals surface area contributed by atoms with Crippen LogP contribution in [0.4, 0.5) is 5.69 Å². The third kappa shape index (κ3) is 3.55. The maximum atomic E-state index is 11.9. The van der Waals surface area contributed by atoms with Crippen LogP contribution in [0.5, 0.6) is 0 Å². The third-order valence-electron chi connectivity index (χ3n) is 2.51. The molecule has 1 amide bonds. The first-order valence-corrected chi connectivity index (χ1v) is 5.86. The monoisotopic (exact) mass is 271 g/mol. The minimum atomic E-state index is -1.02. The van der Waals surface area contributed by atoms with Gasteiger partial charge in [0.1, 0.15) is 0 Å². The number of hydrogen-bond donors (Lipinski definition) is 2. The Morgan fingerprint density at radius 2 is 2.15 bits per heavy atom. The van der Waals surface area contributed by atoms with E-state index in [1.807, 2.05) is 0 Å². The standard InChI is InChI=1S/C14H13N3O3/c1-17-8-7-12(16-17)14(20)15-11-4-2-3-10(9-11)5-6-13(18)19/h2-9H,1H3,(H,15,20)(H,18,19)/b6-5+. The van der Waals surface area contributed by atoms with Gasteiger partial charge in [-0.1, -0.05) is 12.1 Å². The Morgan fingerprint density at radius 3 is 2.80 bits per heavy atom. The molecule has 0 spiro atoms. The molecule has 6 heteroatoms. The molecule has 0 aliphatic heterocycles. The number of nitrogens with one attached hydrogen (secondary N) is 1. The number of anilines is 1. The lowest BCUT2D eigenvalue weighted by molar-refractivity contribution is -0.131. The zero-order valence-corrected chi connectivity index (χ0v) is 10.8. The summed E-state index contributed by atoms with van der Waals surface area (Å²) in [5.74, 6) is -1.34. The second kappa shape index (κ2) is 5.83. The van der Waals surface area contributed by atoms with Crippen molar-refractivity contribution in [2.75, 3.05) is 5.32 Å². The Labute approximate surface area is 115 Å². The molecule has 0 saturated heterocycles. The number of aromatic nitrogens is 2. The van der Waals surface area contributed by atoms with Crippen molar-refractivity contribution in [1.82, 2.24) is 9.78 Å². The molecule has 1 aromatic heterocycles. The van der Waals surface area contributed by atoms with E-state index < -0.39 is 5.97 Å². The first kappa shape index (κ1) is 13.5. The zero-order chi connectivity index (χ0) is 14.5. The van der Waals surface area contributed by atoms with E-state index in [2.05, 4.69) is 10.4 Å². The Kier molecular flexibility index (Phi) is 3.95. The van der Waals surface area contributed by atoms with Crippen LogP contribution in [0.25, 0.3) is 6.08 Å². The van der Waals surface area contributed by atoms with E-state index in [-0.39, 0.29) is 5.91 Å². The van der Waals surface area contributed by atoms with E-state index in [0.717, 1.165) is 6.08 Å². The van der Waals surface area contributed by atoms with Crippen molar-refractivity contribution in [3.8, 4) is 0 Å². The maximum absolute atomic E-state index is 11.9. The van der Waals surface area contributed by atoms with Gasteiger partial charge < -0.3 is 10.4 Å². The molecule has 0 aliphatic carbocycles. The Morgan fingerprint density at radius 1 is 1.35 bits per heavy atom. The minimum absolute atomic E-state index is 0.315. The van der Waals surface area contributed by atoms with Gasteiger partial charge in [0, 0.05) is 25.0 Å². The Balaban J connectivity index is 2.11. The van der Waals surface area contributed by atoms with Crippen LogP contribution in [0.2, 0.25) is 0 Å². The molecule has 0 bridgehead atoms. The lowest BCUT2D eigenvalue weighted by Gasteiger charge is -2.04. The molecule has 0 fully saturated rings. The highest BCUT2D eigenvalue weighted by molar-refractivity contribution is 6.02. The molecule has 0 aliphatic rings. The molecule has 2 aromatic rings. The van der Waals surface area contributed by atoms with Crippen LogP contribution >= 0.6 is 0 Å². The summed E-state index contributed by atoms with van der Waals surface area (Å²) in [5.41, 5.74) is 1.58. The van der Waals surface area contributed by atoms with Crippen molar-refractivity contribution in [1.29, 1.82) is 0 Å². The van der Waals surface area contributed by atoms with E-state index in [4.69, 9.17) is 5.11 Å². The molecule has 0 saturated carbocycles. The lowest BCUT2D eigenvalue weighted by atomic mass is 10.2. The molecule has 0 unspecified atom stereocenters. The number of aryl methyl sites for hydroxylation is 1. The first-order chi connectivity index (χ1) is 9.54. The summed E-state index contributed by atoms with van der Waals surface area (Å²) in [7, 11) is 1.73. The fourth-order valence-corrected chi connectivity index (χ4v) is 1.62. The SMILES string of the molecule is Cn1ccc(C(=O)Nc2cccc(/C=C/C(=O)O)c2)n1. The van der Waals surface area contributed by atoms with Gasteiger partial charge in [0.15, 0.2) is 5.69 Å². The van der Waals surface area contributed by atoms with Crippen LogP contribution < -0.4 is 5.32 Å². The van der Waals surface area contributed by atoms with Crippen molar-refractivity contribution in [3.05, 3.63) is 53.9 Å². The molecule has 0 atom stereocenters. The van der Waals surface area contributed by atoms with Gasteiger partial charge in [-0.05, 0) is 29.8 Å². The van der Waals surface area contributed by atoms with E-state index in [1.165, 1.54) is 6.08 Å². The van der Waals surface area contributed by atoms with Crippen molar-refractivity contribution < 1.29 is 14.7 Å². The summed E-state index contributed by atoms with van der Waals surface area (Å²) in [5, 5.41) is 15.3. The number of aliphatic carboxylic acids is 1. The highest BCUT2D eigenvalue weighted by atomic mass is 16.4. The van der Waals surface area contributed by atoms with Crippen LogP contribution in [-0.4, -0.2) is 26.8 Å². The number of carboxylic acids is 1. The maximum Gasteiger partial charge on any atom is 0.328 e. The summed E-state index contributed by atoms with van der Waals surface area (Å²) in [6.07, 6.45) is 4.18. The number of carboxylic acid groups (broad SMARTS) is 1. The van der Waals surface area contributed by atoms with E-state index in [1.54, 1.807) is 48.3 Å². The fourth-order valence-electron chi connectivity index (χ4n) is 1.62. The number of rotatable bonds is 4. The smallest absolute Gasteiger partial charge is 0.328 e. The topological polar surface area (TPSA) is 84.2 Å². The normalized spacial score (nSPS) is 10.7. The van der Waals surface area contributed by atoms with Gasteiger partial charge in [-0.25, -0.2) is 4.79 Å². The van der Waals surface area contributed by atoms with Crippen LogP contribution in [0, 0.1) is 0 Å². The van der Waals surface area contributed by atoms with Crippen LogP contribution in [0.1, 0.15) is 16.1 Å². The van der Waals surface area contributed by atoms with Gasteiger partial charge in [0.25, 0.3) is 5.91 Å². The van der Waals surface area contributed by atoms with E-state index in [0.29, 0.717) is 16.9 Å². The zero-order valence-electron chi connectivity index (χ0n) is 10.8. The third-order valence-corrected chi connectivity index (χ3v) is 2.51. The van der Waals surface area contributed by atoms with Crippen LogP contribution in [-0.2, 0) is 11.8 Å². The molecule has 20 heavy (non-hydrogen) atoms. The number of benzene rings is 1. The molecule has 2 N–H and O–H groups in total. The van der Waals surface area contributed by atoms with Crippen molar-refractivity contribution in [3.63, 3.8) is 0 Å². The second-order valence-electron chi connectivity index (χ2n) is 4.13. The summed E-state index contributed by atoms with van der Waals surface area (Å²) >= 11 is 0. The number of carbonyl (C=O) groups excluding carboxylic acids is 1. The quantitative estimate of drug-likeness (QED) is 0.830. The van der Waals surface area contributed by atoms with Gasteiger partial charge in [0.05, 0.1) is 0 Å². The minimum Gasteiger partial charge on any atom is -0.478 e. The van der Waals surface area contributed by atoms with Crippen LogP contribution in [0.3, 0.4) is 0 Å². The van der Waals surface area contributed by atoms with Crippen molar-refractivity contribution in [2.45, 2.75) is 0 Å². The molecule has 102 valence electrons. The number of carbonyl (C=O) groups is 2. The molecular formula is C14H13N3O3. The number of hydrogen-bond acceptors (Lipinski definition) is 3. The summed E-state index contributed by atoms with van der Waals surface area (Å²) in [4.78, 5) is 22.4. The molecule has 1 heterocycles. The lowest BCUT2D eigenvalue weighted by Crippen LogP contribution is -2.13. The summed E-state index contributed by atoms with van der Waals surface area (Å²) in [6, 6.07) is 8.49. The Bertz CT molecular complexity index is 674. The average molecular weight is 271 g/mol. The second-order valence-corrected chi connectivity index (χ2v) is 4.13. The molecule has 0 radical (unpaired) electrons. The molecular weight excluding hydrogens is 258 g/mol. The van der Waals surface area contributed by atoms with Crippen LogP contribution in [0.15, 0.2) is 42.6 Å². The fraction of sp³-hybridized carbons (Fsp3) is 0.0714. The van der Waals surface area contributed by atoms with Gasteiger partial charge in [0.2, 0.25) is 0 Å². The van der Waals surface area contributed by atoms with Gasteiger partial charge >= 0.3 is 5.97 Å². The van der Waals surface area contributed by atoms with Crippen molar-refractivity contribution >= 4 is 23.6 Å². The number of amides is 1. The first-order valence-electron chi connectivity index (χ1n) is 5.86. The highest BCUT2D eigenvalue weighted by Crippen LogP contribution is 2.13. The summed E-state index contributed by atoms with van der Waals surface area (Å²) in [6.45, 7) is 0. The Hall–Kier alpha value is -2.89. The molecule has 1 aromatic carbocycles.